The van der Waals surface area contributed by atoms with Crippen LogP contribution in [0.2, 0.25) is 5.22 Å². The normalized spacial score (nSPS) is 10.1. The highest BCUT2D eigenvalue weighted by Gasteiger charge is 2.11. The summed E-state index contributed by atoms with van der Waals surface area (Å²) < 4.78 is 17.6. The first-order valence-corrected chi connectivity index (χ1v) is 4.72. The topological polar surface area (TPSA) is 55.1 Å². The smallest absolute Gasteiger partial charge is 0.292 e. The number of furan rings is 1. The maximum Gasteiger partial charge on any atom is 0.292 e. The van der Waals surface area contributed by atoms with Crippen LogP contribution in [0, 0.1) is 5.95 Å². The van der Waals surface area contributed by atoms with Gasteiger partial charge >= 0.3 is 0 Å². The molecule has 0 aliphatic rings. The van der Waals surface area contributed by atoms with Gasteiger partial charge in [-0.2, -0.15) is 4.39 Å². The minimum Gasteiger partial charge on any atom is -0.440 e. The third-order valence-corrected chi connectivity index (χ3v) is 1.96. The molecule has 4 nitrogen and oxygen atoms in total. The van der Waals surface area contributed by atoms with Gasteiger partial charge in [0.15, 0.2) is 11.0 Å². The number of rotatable bonds is 2. The van der Waals surface area contributed by atoms with E-state index in [4.69, 9.17) is 16.0 Å². The predicted molar refractivity (Wildman–Crippen MR) is 55.9 cm³/mol. The van der Waals surface area contributed by atoms with E-state index in [1.54, 1.807) is 0 Å². The van der Waals surface area contributed by atoms with Gasteiger partial charge in [-0.15, -0.1) is 0 Å². The summed E-state index contributed by atoms with van der Waals surface area (Å²) in [6.45, 7) is 0. The van der Waals surface area contributed by atoms with Gasteiger partial charge in [-0.05, 0) is 35.9 Å². The highest BCUT2D eigenvalue weighted by atomic mass is 35.5. The number of nitrogens with one attached hydrogen (secondary N) is 1. The summed E-state index contributed by atoms with van der Waals surface area (Å²) in [7, 11) is 0. The molecule has 0 aromatic carbocycles. The Bertz CT molecular complexity index is 527. The van der Waals surface area contributed by atoms with E-state index in [-0.39, 0.29) is 16.8 Å². The van der Waals surface area contributed by atoms with Gasteiger partial charge in [-0.25, -0.2) is 4.98 Å². The van der Waals surface area contributed by atoms with Gasteiger partial charge in [-0.1, -0.05) is 6.07 Å². The molecule has 0 aliphatic carbocycles. The number of nitrogens with zero attached hydrogens (tertiary/aromatic N) is 1. The van der Waals surface area contributed by atoms with Crippen molar-refractivity contribution in [1.82, 2.24) is 4.98 Å². The van der Waals surface area contributed by atoms with E-state index < -0.39 is 11.9 Å². The third-order valence-electron chi connectivity index (χ3n) is 1.75. The van der Waals surface area contributed by atoms with E-state index in [0.717, 1.165) is 0 Å². The Morgan fingerprint density at radius 2 is 2.19 bits per heavy atom. The van der Waals surface area contributed by atoms with Gasteiger partial charge in [0.05, 0.1) is 0 Å². The molecule has 1 amide bonds. The standard InChI is InChI=1S/C10H6ClFN2O2/c11-7-5-4-6(16-7)10(15)14-9-3-1-2-8(12)13-9/h1-5H,(H,13,14,15). The molecule has 0 saturated heterocycles. The number of aromatic nitrogens is 1. The zero-order valence-electron chi connectivity index (χ0n) is 7.91. The zero-order chi connectivity index (χ0) is 11.5. The van der Waals surface area contributed by atoms with Crippen LogP contribution in [0.25, 0.3) is 0 Å². The van der Waals surface area contributed by atoms with Gasteiger partial charge in [0.1, 0.15) is 5.82 Å². The van der Waals surface area contributed by atoms with Crippen molar-refractivity contribution >= 4 is 23.3 Å². The van der Waals surface area contributed by atoms with E-state index in [9.17, 15) is 9.18 Å². The molecule has 1 N–H and O–H groups in total. The second-order valence-electron chi connectivity index (χ2n) is 2.90. The summed E-state index contributed by atoms with van der Waals surface area (Å²) in [4.78, 5) is 15.0. The number of halogens is 2. The Morgan fingerprint density at radius 1 is 1.38 bits per heavy atom. The minimum absolute atomic E-state index is 0.0380. The van der Waals surface area contributed by atoms with Crippen molar-refractivity contribution in [3.8, 4) is 0 Å². The molecule has 82 valence electrons. The number of hydrogen-bond donors (Lipinski definition) is 1. The molecule has 2 rings (SSSR count). The number of carbonyl (C=O) groups is 1. The van der Waals surface area contributed by atoms with Gasteiger partial charge in [-0.3, -0.25) is 4.79 Å². The van der Waals surface area contributed by atoms with E-state index in [2.05, 4.69) is 10.3 Å². The van der Waals surface area contributed by atoms with Gasteiger partial charge in [0.25, 0.3) is 5.91 Å². The molecule has 0 saturated carbocycles. The second kappa shape index (κ2) is 4.32. The van der Waals surface area contributed by atoms with Crippen molar-refractivity contribution in [2.45, 2.75) is 0 Å². The van der Waals surface area contributed by atoms with Crippen LogP contribution in [0.15, 0.2) is 34.7 Å². The summed E-state index contributed by atoms with van der Waals surface area (Å²) in [5, 5.41) is 2.48. The summed E-state index contributed by atoms with van der Waals surface area (Å²) in [6, 6.07) is 6.93. The van der Waals surface area contributed by atoms with E-state index >= 15 is 0 Å². The average molecular weight is 241 g/mol. The van der Waals surface area contributed by atoms with Crippen molar-refractivity contribution in [1.29, 1.82) is 0 Å². The Kier molecular flexibility index (Phi) is 2.87. The summed E-state index contributed by atoms with van der Waals surface area (Å²) in [6.07, 6.45) is 0. The SMILES string of the molecule is O=C(Nc1cccc(F)n1)c1ccc(Cl)o1. The molecule has 0 bridgehead atoms. The van der Waals surface area contributed by atoms with Crippen molar-refractivity contribution < 1.29 is 13.6 Å². The third kappa shape index (κ3) is 2.38. The quantitative estimate of drug-likeness (QED) is 0.821. The molecule has 0 atom stereocenters. The number of carbonyl (C=O) groups excluding carboxylic acids is 1. The first-order chi connectivity index (χ1) is 7.65. The molecular formula is C10H6ClFN2O2. The van der Waals surface area contributed by atoms with E-state index in [1.807, 2.05) is 0 Å². The lowest BCUT2D eigenvalue weighted by molar-refractivity contribution is 0.0996. The molecule has 2 aromatic rings. The van der Waals surface area contributed by atoms with E-state index in [0.29, 0.717) is 0 Å². The van der Waals surface area contributed by atoms with Crippen molar-refractivity contribution in [2.24, 2.45) is 0 Å². The maximum atomic E-state index is 12.7. The molecule has 0 aliphatic heterocycles. The fourth-order valence-electron chi connectivity index (χ4n) is 1.09. The van der Waals surface area contributed by atoms with Crippen LogP contribution in [0.3, 0.4) is 0 Å². The Balaban J connectivity index is 2.13. The highest BCUT2D eigenvalue weighted by molar-refractivity contribution is 6.29. The molecule has 0 radical (unpaired) electrons. The molecule has 6 heteroatoms. The summed E-state index contributed by atoms with van der Waals surface area (Å²) >= 11 is 5.51. The molecule has 0 unspecified atom stereocenters. The molecule has 2 aromatic heterocycles. The lowest BCUT2D eigenvalue weighted by Gasteiger charge is -2.01. The van der Waals surface area contributed by atoms with Crippen molar-refractivity contribution in [3.05, 3.63) is 47.3 Å². The van der Waals surface area contributed by atoms with Crippen LogP contribution >= 0.6 is 11.6 Å². The van der Waals surface area contributed by atoms with Crippen LogP contribution < -0.4 is 5.32 Å². The predicted octanol–water partition coefficient (Wildman–Crippen LogP) is 2.72. The first kappa shape index (κ1) is 10.6. The van der Waals surface area contributed by atoms with Gasteiger partial charge < -0.3 is 9.73 Å². The Labute approximate surface area is 95.0 Å². The fraction of sp³-hybridized carbons (Fsp3) is 0. The monoisotopic (exact) mass is 240 g/mol. The zero-order valence-corrected chi connectivity index (χ0v) is 8.66. The lowest BCUT2D eigenvalue weighted by Crippen LogP contribution is -2.12. The van der Waals surface area contributed by atoms with Gasteiger partial charge in [0, 0.05) is 0 Å². The molecule has 16 heavy (non-hydrogen) atoms. The maximum absolute atomic E-state index is 12.7. The highest BCUT2D eigenvalue weighted by Crippen LogP contribution is 2.14. The lowest BCUT2D eigenvalue weighted by atomic mass is 10.4. The van der Waals surface area contributed by atoms with Crippen LogP contribution in [0.4, 0.5) is 10.2 Å². The van der Waals surface area contributed by atoms with Crippen LogP contribution in [-0.2, 0) is 0 Å². The minimum atomic E-state index is -0.671. The molecular weight excluding hydrogens is 235 g/mol. The molecule has 0 fully saturated rings. The van der Waals surface area contributed by atoms with E-state index in [1.165, 1.54) is 30.3 Å². The number of anilines is 1. The Morgan fingerprint density at radius 3 is 2.81 bits per heavy atom. The van der Waals surface area contributed by atoms with Crippen molar-refractivity contribution in [3.63, 3.8) is 0 Å². The second-order valence-corrected chi connectivity index (χ2v) is 3.28. The first-order valence-electron chi connectivity index (χ1n) is 4.34. The van der Waals surface area contributed by atoms with Gasteiger partial charge in [0.2, 0.25) is 5.95 Å². The van der Waals surface area contributed by atoms with Crippen LogP contribution in [0.1, 0.15) is 10.6 Å². The van der Waals surface area contributed by atoms with Crippen LogP contribution in [-0.4, -0.2) is 10.9 Å². The summed E-state index contributed by atoms with van der Waals surface area (Å²) in [5.74, 6) is -1.06. The number of hydrogen-bond acceptors (Lipinski definition) is 3. The molecule has 0 spiro atoms. The number of pyridine rings is 1. The van der Waals surface area contributed by atoms with Crippen LogP contribution in [0.5, 0.6) is 0 Å². The van der Waals surface area contributed by atoms with Crippen molar-refractivity contribution in [2.75, 3.05) is 5.32 Å². The fourth-order valence-corrected chi connectivity index (χ4v) is 1.24. The molecule has 2 heterocycles. The average Bonchev–Trinajstić information content (AvgIpc) is 2.65. The summed E-state index contributed by atoms with van der Waals surface area (Å²) in [5.41, 5.74) is 0. The number of amides is 1. The Hall–Kier alpha value is -1.88. The largest absolute Gasteiger partial charge is 0.440 e.